The lowest BCUT2D eigenvalue weighted by molar-refractivity contribution is 0.436. The molecule has 0 N–H and O–H groups in total. The fraction of sp³-hybridized carbons (Fsp3) is 0.0256. The number of ether oxygens (including phenoxy) is 1. The van der Waals surface area contributed by atoms with E-state index in [2.05, 4.69) is 107 Å². The van der Waals surface area contributed by atoms with Crippen molar-refractivity contribution < 1.29 is 9.15 Å². The summed E-state index contributed by atoms with van der Waals surface area (Å²) in [6, 6.07) is 50.7. The monoisotopic (exact) mass is 552 g/mol. The number of benzene rings is 6. The standard InChI is InChI=1S/C39H24N2O2/c1-2-11-25(12-3-1)37-40-41-38(43-37)28-14-10-13-26(23-28)27-21-22-34-36(24-27)42-35-20-9-8-19-33(35)39(34)31-17-6-4-15-29(31)30-16-5-7-18-32(30)39/h1-24H. The summed E-state index contributed by atoms with van der Waals surface area (Å²) in [6.07, 6.45) is 0. The lowest BCUT2D eigenvalue weighted by Gasteiger charge is -2.39. The van der Waals surface area contributed by atoms with Gasteiger partial charge in [0, 0.05) is 22.3 Å². The molecule has 4 nitrogen and oxygen atoms in total. The summed E-state index contributed by atoms with van der Waals surface area (Å²) in [6.45, 7) is 0. The largest absolute Gasteiger partial charge is 0.457 e. The number of para-hydroxylation sites is 1. The van der Waals surface area contributed by atoms with Gasteiger partial charge in [-0.15, -0.1) is 10.2 Å². The predicted octanol–water partition coefficient (Wildman–Crippen LogP) is 9.54. The van der Waals surface area contributed by atoms with Crippen molar-refractivity contribution in [3.8, 4) is 56.7 Å². The van der Waals surface area contributed by atoms with Crippen LogP contribution < -0.4 is 4.74 Å². The van der Waals surface area contributed by atoms with E-state index in [0.717, 1.165) is 39.3 Å². The first kappa shape index (κ1) is 23.9. The quantitative estimate of drug-likeness (QED) is 0.219. The molecule has 4 heteroatoms. The smallest absolute Gasteiger partial charge is 0.248 e. The van der Waals surface area contributed by atoms with Crippen LogP contribution in [-0.4, -0.2) is 10.2 Å². The maximum Gasteiger partial charge on any atom is 0.248 e. The Kier molecular flexibility index (Phi) is 5.08. The van der Waals surface area contributed by atoms with E-state index in [0.29, 0.717) is 11.8 Å². The Morgan fingerprint density at radius 2 is 0.953 bits per heavy atom. The number of hydrogen-bond donors (Lipinski definition) is 0. The maximum absolute atomic E-state index is 6.68. The van der Waals surface area contributed by atoms with Crippen LogP contribution in [0.1, 0.15) is 22.3 Å². The zero-order chi connectivity index (χ0) is 28.4. The first-order chi connectivity index (χ1) is 21.3. The van der Waals surface area contributed by atoms with Gasteiger partial charge in [-0.2, -0.15) is 0 Å². The van der Waals surface area contributed by atoms with Crippen molar-refractivity contribution >= 4 is 0 Å². The van der Waals surface area contributed by atoms with Gasteiger partial charge >= 0.3 is 0 Å². The second-order valence-electron chi connectivity index (χ2n) is 11.0. The van der Waals surface area contributed by atoms with Crippen LogP contribution in [-0.2, 0) is 5.41 Å². The SMILES string of the molecule is c1ccc(-c2nnc(-c3cccc(-c4ccc5c(c4)Oc4ccccc4C54c5ccccc5-c5ccccc54)c3)o2)cc1. The third kappa shape index (κ3) is 3.44. The molecule has 0 unspecified atom stereocenters. The van der Waals surface area contributed by atoms with Crippen molar-refractivity contribution in [3.05, 3.63) is 168 Å². The third-order valence-electron chi connectivity index (χ3n) is 8.74. The molecule has 9 rings (SSSR count). The minimum absolute atomic E-state index is 0.463. The molecule has 43 heavy (non-hydrogen) atoms. The first-order valence-electron chi connectivity index (χ1n) is 14.4. The van der Waals surface area contributed by atoms with Crippen molar-refractivity contribution in [1.29, 1.82) is 0 Å². The van der Waals surface area contributed by atoms with E-state index in [1.54, 1.807) is 0 Å². The Balaban J connectivity index is 1.19. The molecule has 0 radical (unpaired) electrons. The summed E-state index contributed by atoms with van der Waals surface area (Å²) in [5.74, 6) is 2.73. The summed E-state index contributed by atoms with van der Waals surface area (Å²) >= 11 is 0. The second-order valence-corrected chi connectivity index (χ2v) is 11.0. The minimum atomic E-state index is -0.463. The maximum atomic E-state index is 6.68. The van der Waals surface area contributed by atoms with E-state index in [9.17, 15) is 0 Å². The molecular weight excluding hydrogens is 528 g/mol. The van der Waals surface area contributed by atoms with Crippen molar-refractivity contribution in [2.75, 3.05) is 0 Å². The van der Waals surface area contributed by atoms with Crippen LogP contribution in [0.5, 0.6) is 11.5 Å². The number of aromatic nitrogens is 2. The molecule has 202 valence electrons. The van der Waals surface area contributed by atoms with Crippen LogP contribution in [0.4, 0.5) is 0 Å². The molecule has 6 aromatic carbocycles. The molecule has 0 atom stereocenters. The average Bonchev–Trinajstić information content (AvgIpc) is 3.68. The van der Waals surface area contributed by atoms with Gasteiger partial charge in [-0.1, -0.05) is 109 Å². The van der Waals surface area contributed by atoms with E-state index in [4.69, 9.17) is 9.15 Å². The topological polar surface area (TPSA) is 48.2 Å². The molecule has 7 aromatic rings. The Hall–Kier alpha value is -5.74. The highest BCUT2D eigenvalue weighted by Crippen LogP contribution is 2.62. The van der Waals surface area contributed by atoms with Gasteiger partial charge in [-0.3, -0.25) is 0 Å². The zero-order valence-corrected chi connectivity index (χ0v) is 23.1. The Bertz CT molecular complexity index is 2130. The van der Waals surface area contributed by atoms with Crippen molar-refractivity contribution in [2.45, 2.75) is 5.41 Å². The Morgan fingerprint density at radius 3 is 1.72 bits per heavy atom. The molecule has 1 aliphatic heterocycles. The highest BCUT2D eigenvalue weighted by atomic mass is 16.5. The van der Waals surface area contributed by atoms with Crippen LogP contribution in [0, 0.1) is 0 Å². The number of fused-ring (bicyclic) bond motifs is 9. The molecule has 0 amide bonds. The molecule has 1 aliphatic carbocycles. The van der Waals surface area contributed by atoms with Crippen LogP contribution in [0.3, 0.4) is 0 Å². The summed E-state index contributed by atoms with van der Waals surface area (Å²) in [5.41, 5.74) is 10.8. The third-order valence-corrected chi connectivity index (χ3v) is 8.74. The summed E-state index contributed by atoms with van der Waals surface area (Å²) in [4.78, 5) is 0. The van der Waals surface area contributed by atoms with Gasteiger partial charge in [0.25, 0.3) is 0 Å². The average molecular weight is 553 g/mol. The highest BCUT2D eigenvalue weighted by Gasteiger charge is 2.50. The van der Waals surface area contributed by atoms with Gasteiger partial charge in [0.15, 0.2) is 0 Å². The number of rotatable bonds is 3. The van der Waals surface area contributed by atoms with E-state index in [-0.39, 0.29) is 0 Å². The fourth-order valence-corrected chi connectivity index (χ4v) is 6.91. The molecule has 1 aromatic heterocycles. The molecule has 2 aliphatic rings. The van der Waals surface area contributed by atoms with E-state index < -0.39 is 5.41 Å². The van der Waals surface area contributed by atoms with E-state index in [1.807, 2.05) is 48.5 Å². The van der Waals surface area contributed by atoms with Gasteiger partial charge in [0.05, 0.1) is 5.41 Å². The lowest BCUT2D eigenvalue weighted by Crippen LogP contribution is -2.32. The number of hydrogen-bond acceptors (Lipinski definition) is 4. The summed E-state index contributed by atoms with van der Waals surface area (Å²) < 4.78 is 12.7. The van der Waals surface area contributed by atoms with Crippen LogP contribution >= 0.6 is 0 Å². The lowest BCUT2D eigenvalue weighted by atomic mass is 9.66. The van der Waals surface area contributed by atoms with Gasteiger partial charge in [0.2, 0.25) is 11.8 Å². The molecule has 1 spiro atoms. The second kappa shape index (κ2) is 9.13. The normalized spacial score (nSPS) is 13.5. The molecular formula is C39H24N2O2. The van der Waals surface area contributed by atoms with Gasteiger partial charge < -0.3 is 9.15 Å². The number of nitrogens with zero attached hydrogens (tertiary/aromatic N) is 2. The molecule has 0 fully saturated rings. The van der Waals surface area contributed by atoms with Crippen molar-refractivity contribution in [1.82, 2.24) is 10.2 Å². The van der Waals surface area contributed by atoms with Gasteiger partial charge in [-0.05, 0) is 69.8 Å². The zero-order valence-electron chi connectivity index (χ0n) is 23.1. The van der Waals surface area contributed by atoms with E-state index in [1.165, 1.54) is 27.8 Å². The predicted molar refractivity (Wildman–Crippen MR) is 168 cm³/mol. The van der Waals surface area contributed by atoms with Crippen LogP contribution in [0.2, 0.25) is 0 Å². The van der Waals surface area contributed by atoms with Gasteiger partial charge in [-0.25, -0.2) is 0 Å². The van der Waals surface area contributed by atoms with Crippen LogP contribution in [0.15, 0.2) is 150 Å². The molecule has 0 saturated heterocycles. The van der Waals surface area contributed by atoms with Crippen molar-refractivity contribution in [3.63, 3.8) is 0 Å². The van der Waals surface area contributed by atoms with Crippen LogP contribution in [0.25, 0.3) is 45.2 Å². The Morgan fingerprint density at radius 1 is 0.395 bits per heavy atom. The molecule has 0 saturated carbocycles. The fourth-order valence-electron chi connectivity index (χ4n) is 6.91. The Labute approximate surface area is 248 Å². The summed E-state index contributed by atoms with van der Waals surface area (Å²) in [7, 11) is 0. The molecule has 0 bridgehead atoms. The van der Waals surface area contributed by atoms with Crippen molar-refractivity contribution in [2.24, 2.45) is 0 Å². The minimum Gasteiger partial charge on any atom is -0.457 e. The van der Waals surface area contributed by atoms with Gasteiger partial charge in [0.1, 0.15) is 11.5 Å². The van der Waals surface area contributed by atoms with E-state index >= 15 is 0 Å². The highest BCUT2D eigenvalue weighted by molar-refractivity contribution is 5.89. The summed E-state index contributed by atoms with van der Waals surface area (Å²) in [5, 5.41) is 8.63. The molecule has 2 heterocycles. The first-order valence-corrected chi connectivity index (χ1v) is 14.4.